The Morgan fingerprint density at radius 1 is 1.19 bits per heavy atom. The van der Waals surface area contributed by atoms with Gasteiger partial charge in [-0.3, -0.25) is 0 Å². The fraction of sp³-hybridized carbons (Fsp3) is 0.700. The van der Waals surface area contributed by atoms with E-state index in [0.717, 1.165) is 31.8 Å². The summed E-state index contributed by atoms with van der Waals surface area (Å²) in [6, 6.07) is 0. The number of halogens is 2. The molecule has 6 heteroatoms. The topological polar surface area (TPSA) is 41.9 Å². The molecule has 1 aliphatic rings. The molecule has 0 amide bonds. The van der Waals surface area contributed by atoms with Gasteiger partial charge in [0.25, 0.3) is 0 Å². The van der Waals surface area contributed by atoms with Crippen LogP contribution in [-0.4, -0.2) is 28.3 Å². The van der Waals surface area contributed by atoms with Crippen LogP contribution in [0.2, 0.25) is 10.4 Å². The lowest BCUT2D eigenvalue weighted by Gasteiger charge is -2.21. The van der Waals surface area contributed by atoms with Crippen molar-refractivity contribution in [2.75, 3.05) is 18.0 Å². The second kappa shape index (κ2) is 5.15. The number of rotatable bonds is 1. The predicted molar refractivity (Wildman–Crippen MR) is 65.1 cm³/mol. The first-order valence-corrected chi connectivity index (χ1v) is 6.23. The van der Waals surface area contributed by atoms with E-state index in [9.17, 15) is 0 Å². The monoisotopic (exact) mass is 260 g/mol. The van der Waals surface area contributed by atoms with E-state index in [4.69, 9.17) is 23.2 Å². The van der Waals surface area contributed by atoms with Crippen LogP contribution in [0.4, 0.5) is 5.82 Å². The number of hydrogen-bond acceptors (Lipinski definition) is 4. The highest BCUT2D eigenvalue weighted by atomic mass is 35.5. The largest absolute Gasteiger partial charge is 0.354 e. The maximum atomic E-state index is 5.98. The third-order valence-corrected chi connectivity index (χ3v) is 3.32. The van der Waals surface area contributed by atoms with E-state index in [0.29, 0.717) is 11.0 Å². The van der Waals surface area contributed by atoms with E-state index in [-0.39, 0.29) is 5.28 Å². The van der Waals surface area contributed by atoms with Crippen LogP contribution >= 0.6 is 23.2 Å². The van der Waals surface area contributed by atoms with Crippen molar-refractivity contribution in [3.8, 4) is 0 Å². The molecule has 88 valence electrons. The van der Waals surface area contributed by atoms with Crippen molar-refractivity contribution in [1.29, 1.82) is 0 Å². The molecule has 0 bridgehead atoms. The van der Waals surface area contributed by atoms with Gasteiger partial charge < -0.3 is 4.90 Å². The summed E-state index contributed by atoms with van der Waals surface area (Å²) in [5, 5.41) is 7.88. The van der Waals surface area contributed by atoms with Crippen molar-refractivity contribution in [2.45, 2.75) is 26.2 Å². The predicted octanol–water partition coefficient (Wildman–Crippen LogP) is 2.80. The van der Waals surface area contributed by atoms with Crippen LogP contribution in [0.15, 0.2) is 0 Å². The molecule has 0 spiro atoms. The van der Waals surface area contributed by atoms with Gasteiger partial charge in [-0.1, -0.05) is 18.5 Å². The van der Waals surface area contributed by atoms with Crippen molar-refractivity contribution in [3.05, 3.63) is 10.4 Å². The minimum atomic E-state index is 0.150. The summed E-state index contributed by atoms with van der Waals surface area (Å²) in [7, 11) is 0. The minimum Gasteiger partial charge on any atom is -0.354 e. The lowest BCUT2D eigenvalue weighted by Crippen LogP contribution is -2.26. The Hall–Kier alpha value is -0.610. The normalized spacial score (nSPS) is 21.9. The van der Waals surface area contributed by atoms with Crippen LogP contribution < -0.4 is 4.90 Å². The molecule has 1 atom stereocenters. The molecule has 0 aromatic carbocycles. The molecule has 1 fully saturated rings. The van der Waals surface area contributed by atoms with E-state index in [1.165, 1.54) is 6.42 Å². The maximum Gasteiger partial charge on any atom is 0.245 e. The first kappa shape index (κ1) is 11.9. The van der Waals surface area contributed by atoms with Crippen LogP contribution in [0.3, 0.4) is 0 Å². The van der Waals surface area contributed by atoms with Gasteiger partial charge in [-0.15, -0.1) is 10.2 Å². The van der Waals surface area contributed by atoms with Gasteiger partial charge in [-0.2, -0.15) is 4.98 Å². The highest BCUT2D eigenvalue weighted by Gasteiger charge is 2.18. The van der Waals surface area contributed by atoms with Gasteiger partial charge in [0, 0.05) is 13.1 Å². The SMILES string of the molecule is CC1CCCN(c2nc(Cl)nnc2Cl)CC1. The first-order chi connectivity index (χ1) is 7.66. The summed E-state index contributed by atoms with van der Waals surface area (Å²) in [6.45, 7) is 4.19. The summed E-state index contributed by atoms with van der Waals surface area (Å²) in [5.74, 6) is 1.42. The number of nitrogens with zero attached hydrogens (tertiary/aromatic N) is 4. The van der Waals surface area contributed by atoms with E-state index < -0.39 is 0 Å². The maximum absolute atomic E-state index is 5.98. The molecule has 1 unspecified atom stereocenters. The summed E-state index contributed by atoms with van der Waals surface area (Å²) >= 11 is 11.7. The number of aromatic nitrogens is 3. The van der Waals surface area contributed by atoms with Gasteiger partial charge in [0.15, 0.2) is 11.0 Å². The Balaban J connectivity index is 2.19. The van der Waals surface area contributed by atoms with Crippen molar-refractivity contribution in [1.82, 2.24) is 15.2 Å². The highest BCUT2D eigenvalue weighted by molar-refractivity contribution is 6.32. The third-order valence-electron chi connectivity index (χ3n) is 2.92. The summed E-state index contributed by atoms with van der Waals surface area (Å²) in [5.41, 5.74) is 0. The van der Waals surface area contributed by atoms with Crippen molar-refractivity contribution in [2.24, 2.45) is 5.92 Å². The first-order valence-electron chi connectivity index (χ1n) is 5.47. The Morgan fingerprint density at radius 3 is 2.81 bits per heavy atom. The molecule has 1 aromatic heterocycles. The standard InChI is InChI=1S/C10H14Cl2N4/c1-7-3-2-5-16(6-4-7)9-8(11)14-15-10(12)13-9/h7H,2-6H2,1H3. The summed E-state index contributed by atoms with van der Waals surface area (Å²) < 4.78 is 0. The average molecular weight is 261 g/mol. The highest BCUT2D eigenvalue weighted by Crippen LogP contribution is 2.25. The van der Waals surface area contributed by atoms with E-state index in [1.807, 2.05) is 0 Å². The fourth-order valence-electron chi connectivity index (χ4n) is 1.96. The van der Waals surface area contributed by atoms with Gasteiger partial charge in [0.1, 0.15) is 0 Å². The zero-order valence-corrected chi connectivity index (χ0v) is 10.7. The molecule has 0 radical (unpaired) electrons. The molecule has 1 aliphatic heterocycles. The molecule has 0 aliphatic carbocycles. The van der Waals surface area contributed by atoms with Crippen LogP contribution in [-0.2, 0) is 0 Å². The Morgan fingerprint density at radius 2 is 2.00 bits per heavy atom. The molecular weight excluding hydrogens is 247 g/mol. The molecule has 1 aromatic rings. The molecule has 4 nitrogen and oxygen atoms in total. The zero-order valence-electron chi connectivity index (χ0n) is 9.16. The van der Waals surface area contributed by atoms with Crippen LogP contribution in [0, 0.1) is 5.92 Å². The Bertz CT molecular complexity index is 372. The molecule has 2 rings (SSSR count). The van der Waals surface area contributed by atoms with Gasteiger partial charge in [0.05, 0.1) is 0 Å². The number of hydrogen-bond donors (Lipinski definition) is 0. The zero-order chi connectivity index (χ0) is 11.5. The lowest BCUT2D eigenvalue weighted by molar-refractivity contribution is 0.521. The Kier molecular flexibility index (Phi) is 3.82. The smallest absolute Gasteiger partial charge is 0.245 e. The van der Waals surface area contributed by atoms with E-state index in [1.54, 1.807) is 0 Å². The van der Waals surface area contributed by atoms with Crippen molar-refractivity contribution >= 4 is 29.0 Å². The average Bonchev–Trinajstić information content (AvgIpc) is 2.47. The van der Waals surface area contributed by atoms with Gasteiger partial charge in [-0.25, -0.2) is 0 Å². The van der Waals surface area contributed by atoms with Crippen molar-refractivity contribution < 1.29 is 0 Å². The third kappa shape index (κ3) is 2.74. The second-order valence-corrected chi connectivity index (χ2v) is 4.91. The van der Waals surface area contributed by atoms with E-state index >= 15 is 0 Å². The fourth-order valence-corrected chi connectivity index (χ4v) is 2.28. The summed E-state index contributed by atoms with van der Waals surface area (Å²) in [4.78, 5) is 6.29. The second-order valence-electron chi connectivity index (χ2n) is 4.22. The van der Waals surface area contributed by atoms with Crippen LogP contribution in [0.5, 0.6) is 0 Å². The molecule has 0 N–H and O–H groups in total. The minimum absolute atomic E-state index is 0.150. The van der Waals surface area contributed by atoms with Gasteiger partial charge in [0.2, 0.25) is 5.28 Å². The molecule has 2 heterocycles. The Labute approximate surface area is 105 Å². The molecule has 1 saturated heterocycles. The quantitative estimate of drug-likeness (QED) is 0.779. The van der Waals surface area contributed by atoms with Crippen LogP contribution in [0.1, 0.15) is 26.2 Å². The van der Waals surface area contributed by atoms with Gasteiger partial charge in [-0.05, 0) is 36.8 Å². The van der Waals surface area contributed by atoms with Crippen molar-refractivity contribution in [3.63, 3.8) is 0 Å². The molecule has 0 saturated carbocycles. The van der Waals surface area contributed by atoms with Gasteiger partial charge >= 0.3 is 0 Å². The molecular formula is C10H14Cl2N4. The summed E-state index contributed by atoms with van der Waals surface area (Å²) in [6.07, 6.45) is 3.55. The molecule has 16 heavy (non-hydrogen) atoms. The number of anilines is 1. The van der Waals surface area contributed by atoms with E-state index in [2.05, 4.69) is 27.0 Å². The van der Waals surface area contributed by atoms with Crippen LogP contribution in [0.25, 0.3) is 0 Å². The lowest BCUT2D eigenvalue weighted by atomic mass is 10.0.